The minimum absolute atomic E-state index is 0.188. The van der Waals surface area contributed by atoms with Gasteiger partial charge in [-0.1, -0.05) is 27.2 Å². The summed E-state index contributed by atoms with van der Waals surface area (Å²) < 4.78 is 33.2. The fraction of sp³-hybridized carbons (Fsp3) is 0.857. The number of sulfone groups is 1. The Bertz CT molecular complexity index is 683. The van der Waals surface area contributed by atoms with Crippen LogP contribution >= 0.6 is 0 Å². The molecule has 2 rings (SSSR count). The third-order valence-electron chi connectivity index (χ3n) is 5.50. The first-order valence-corrected chi connectivity index (χ1v) is 12.5. The molecule has 0 aliphatic carbocycles. The zero-order chi connectivity index (χ0) is 20.6. The average Bonchev–Trinajstić information content (AvgIpc) is 3.03. The Morgan fingerprint density at radius 2 is 2.11 bits per heavy atom. The van der Waals surface area contributed by atoms with Crippen molar-refractivity contribution in [1.29, 1.82) is 0 Å². The first kappa shape index (κ1) is 23.4. The average molecular weight is 414 g/mol. The monoisotopic (exact) mass is 413 g/mol. The summed E-state index contributed by atoms with van der Waals surface area (Å²) in [6, 6.07) is 0. The van der Waals surface area contributed by atoms with E-state index in [0.29, 0.717) is 18.3 Å². The largest absolute Gasteiger partial charge is 0.384 e. The lowest BCUT2D eigenvalue weighted by Gasteiger charge is -2.32. The van der Waals surface area contributed by atoms with Gasteiger partial charge in [0.05, 0.1) is 24.3 Å². The van der Waals surface area contributed by atoms with E-state index in [4.69, 9.17) is 4.74 Å². The Labute approximate surface area is 171 Å². The van der Waals surface area contributed by atoms with Gasteiger partial charge < -0.3 is 9.30 Å². The van der Waals surface area contributed by atoms with E-state index in [1.165, 1.54) is 6.42 Å². The molecule has 0 spiro atoms. The summed E-state index contributed by atoms with van der Waals surface area (Å²) in [5.74, 6) is 1.27. The van der Waals surface area contributed by atoms with Crippen molar-refractivity contribution in [1.82, 2.24) is 14.5 Å². The van der Waals surface area contributed by atoms with Gasteiger partial charge in [-0.05, 0) is 50.5 Å². The Hall–Kier alpha value is -0.920. The molecule has 0 amide bonds. The van der Waals surface area contributed by atoms with Crippen molar-refractivity contribution in [3.63, 3.8) is 0 Å². The smallest absolute Gasteiger partial charge is 0.227 e. The van der Waals surface area contributed by atoms with Crippen LogP contribution in [0.4, 0.5) is 0 Å². The lowest BCUT2D eigenvalue weighted by atomic mass is 9.99. The van der Waals surface area contributed by atoms with E-state index in [2.05, 4.69) is 30.7 Å². The minimum Gasteiger partial charge on any atom is -0.384 e. The number of piperidine rings is 1. The lowest BCUT2D eigenvalue weighted by Crippen LogP contribution is -2.37. The summed E-state index contributed by atoms with van der Waals surface area (Å²) in [6.45, 7) is 10.7. The van der Waals surface area contributed by atoms with Crippen LogP contribution in [0, 0.1) is 11.8 Å². The Morgan fingerprint density at radius 3 is 2.79 bits per heavy atom. The van der Waals surface area contributed by atoms with Crippen molar-refractivity contribution < 1.29 is 13.2 Å². The highest BCUT2D eigenvalue weighted by atomic mass is 32.2. The summed E-state index contributed by atoms with van der Waals surface area (Å²) in [6.07, 6.45) is 7.77. The first-order valence-electron chi connectivity index (χ1n) is 10.9. The Morgan fingerprint density at radius 1 is 1.32 bits per heavy atom. The summed E-state index contributed by atoms with van der Waals surface area (Å²) in [4.78, 5) is 6.80. The maximum atomic E-state index is 12.9. The molecule has 28 heavy (non-hydrogen) atoms. The molecular weight excluding hydrogens is 374 g/mol. The lowest BCUT2D eigenvalue weighted by molar-refractivity contribution is 0.0861. The normalized spacial score (nSPS) is 18.8. The van der Waals surface area contributed by atoms with Crippen LogP contribution in [-0.4, -0.2) is 55.4 Å². The van der Waals surface area contributed by atoms with Crippen LogP contribution in [0.15, 0.2) is 11.4 Å². The number of methoxy groups -OCH3 is 1. The molecule has 1 aliphatic heterocycles. The summed E-state index contributed by atoms with van der Waals surface area (Å²) in [7, 11) is -1.58. The molecule has 1 saturated heterocycles. The molecule has 1 aromatic rings. The minimum atomic E-state index is -3.34. The van der Waals surface area contributed by atoms with Crippen LogP contribution in [0.3, 0.4) is 0 Å². The van der Waals surface area contributed by atoms with Crippen LogP contribution in [0.5, 0.6) is 0 Å². The predicted molar refractivity (Wildman–Crippen MR) is 113 cm³/mol. The molecule has 7 heteroatoms. The van der Waals surface area contributed by atoms with Crippen LogP contribution in [0.2, 0.25) is 0 Å². The molecule has 1 atom stereocenters. The summed E-state index contributed by atoms with van der Waals surface area (Å²) >= 11 is 0. The molecule has 162 valence electrons. The molecule has 0 aromatic carbocycles. The maximum absolute atomic E-state index is 12.9. The maximum Gasteiger partial charge on any atom is 0.227 e. The molecule has 0 bridgehead atoms. The zero-order valence-electron chi connectivity index (χ0n) is 18.2. The fourth-order valence-electron chi connectivity index (χ4n) is 3.99. The van der Waals surface area contributed by atoms with Crippen molar-refractivity contribution in [3.05, 3.63) is 11.9 Å². The summed E-state index contributed by atoms with van der Waals surface area (Å²) in [5.41, 5.74) is 1.02. The van der Waals surface area contributed by atoms with Gasteiger partial charge in [0.1, 0.15) is 0 Å². The van der Waals surface area contributed by atoms with Gasteiger partial charge in [0, 0.05) is 26.7 Å². The zero-order valence-corrected chi connectivity index (χ0v) is 19.0. The van der Waals surface area contributed by atoms with Gasteiger partial charge in [0.25, 0.3) is 0 Å². The van der Waals surface area contributed by atoms with E-state index in [1.54, 1.807) is 13.3 Å². The molecule has 0 radical (unpaired) electrons. The molecule has 0 N–H and O–H groups in total. The second kappa shape index (κ2) is 11.3. The van der Waals surface area contributed by atoms with E-state index in [9.17, 15) is 8.42 Å². The number of imidazole rings is 1. The van der Waals surface area contributed by atoms with Crippen LogP contribution in [0.1, 0.15) is 65.0 Å². The van der Waals surface area contributed by atoms with Crippen LogP contribution < -0.4 is 0 Å². The number of hydrogen-bond acceptors (Lipinski definition) is 5. The molecule has 1 unspecified atom stereocenters. The number of rotatable bonds is 12. The quantitative estimate of drug-likeness (QED) is 0.522. The first-order chi connectivity index (χ1) is 13.4. The number of aromatic nitrogens is 2. The van der Waals surface area contributed by atoms with E-state index in [-0.39, 0.29) is 10.9 Å². The van der Waals surface area contributed by atoms with E-state index in [1.807, 2.05) is 4.57 Å². The Balaban J connectivity index is 2.14. The standard InChI is InChI=1S/C21H39N3O3S/c1-5-6-12-24-20(16-23-11-7-10-19(15-23)17-27-4)14-22-21(24)28(25,26)13-8-9-18(2)3/h14,18-19H,5-13,15-17H2,1-4H3. The van der Waals surface area contributed by atoms with Crippen molar-refractivity contribution in [2.45, 2.75) is 77.5 Å². The van der Waals surface area contributed by atoms with Gasteiger partial charge in [0.2, 0.25) is 15.0 Å². The number of unbranched alkanes of at least 4 members (excludes halogenated alkanes) is 1. The van der Waals surface area contributed by atoms with Crippen molar-refractivity contribution in [3.8, 4) is 0 Å². The molecular formula is C21H39N3O3S. The predicted octanol–water partition coefficient (Wildman–Crippen LogP) is 3.75. The van der Waals surface area contributed by atoms with Gasteiger partial charge in [-0.2, -0.15) is 0 Å². The highest BCUT2D eigenvalue weighted by Crippen LogP contribution is 2.22. The number of ether oxygens (including phenoxy) is 1. The van der Waals surface area contributed by atoms with Gasteiger partial charge in [-0.25, -0.2) is 13.4 Å². The molecule has 1 fully saturated rings. The van der Waals surface area contributed by atoms with Crippen LogP contribution in [0.25, 0.3) is 0 Å². The number of hydrogen-bond donors (Lipinski definition) is 0. The SMILES string of the molecule is CCCCn1c(CN2CCCC(COC)C2)cnc1S(=O)(=O)CCCC(C)C. The second-order valence-electron chi connectivity index (χ2n) is 8.59. The van der Waals surface area contributed by atoms with E-state index < -0.39 is 9.84 Å². The molecule has 1 aliphatic rings. The molecule has 2 heterocycles. The second-order valence-corrected chi connectivity index (χ2v) is 10.6. The number of nitrogens with zero attached hydrogens (tertiary/aromatic N) is 3. The molecule has 0 saturated carbocycles. The topological polar surface area (TPSA) is 64.4 Å². The van der Waals surface area contributed by atoms with Gasteiger partial charge >= 0.3 is 0 Å². The van der Waals surface area contributed by atoms with Gasteiger partial charge in [-0.3, -0.25) is 4.90 Å². The van der Waals surface area contributed by atoms with Gasteiger partial charge in [-0.15, -0.1) is 0 Å². The van der Waals surface area contributed by atoms with Gasteiger partial charge in [0.15, 0.2) is 0 Å². The third kappa shape index (κ3) is 6.85. The van der Waals surface area contributed by atoms with E-state index >= 15 is 0 Å². The summed E-state index contributed by atoms with van der Waals surface area (Å²) in [5, 5.41) is 0.269. The van der Waals surface area contributed by atoms with Crippen molar-refractivity contribution >= 4 is 9.84 Å². The Kier molecular flexibility index (Phi) is 9.44. The molecule has 6 nitrogen and oxygen atoms in total. The van der Waals surface area contributed by atoms with Crippen LogP contribution in [-0.2, 0) is 27.7 Å². The highest BCUT2D eigenvalue weighted by Gasteiger charge is 2.25. The molecule has 1 aromatic heterocycles. The highest BCUT2D eigenvalue weighted by molar-refractivity contribution is 7.91. The van der Waals surface area contributed by atoms with Crippen molar-refractivity contribution in [2.75, 3.05) is 32.6 Å². The van der Waals surface area contributed by atoms with Crippen molar-refractivity contribution in [2.24, 2.45) is 11.8 Å². The third-order valence-corrected chi connectivity index (χ3v) is 7.21. The fourth-order valence-corrected chi connectivity index (χ4v) is 5.48. The number of likely N-dealkylation sites (tertiary alicyclic amines) is 1. The van der Waals surface area contributed by atoms with E-state index in [0.717, 1.165) is 64.2 Å².